The molecule has 0 fully saturated rings. The molecule has 0 spiro atoms. The molecule has 0 unspecified atom stereocenters. The van der Waals surface area contributed by atoms with E-state index in [9.17, 15) is 14.4 Å². The van der Waals surface area contributed by atoms with Gasteiger partial charge in [-0.15, -0.1) is 0 Å². The van der Waals surface area contributed by atoms with Crippen molar-refractivity contribution in [3.63, 3.8) is 0 Å². The quantitative estimate of drug-likeness (QED) is 0.385. The van der Waals surface area contributed by atoms with Crippen LogP contribution in [0.1, 0.15) is 58.3 Å². The van der Waals surface area contributed by atoms with Gasteiger partial charge in [0.1, 0.15) is 11.6 Å². The zero-order chi connectivity index (χ0) is 23.3. The number of benzene rings is 1. The van der Waals surface area contributed by atoms with E-state index in [-0.39, 0.29) is 18.3 Å². The SMILES string of the molecule is CCCCn1c(=O)[nH]c(=O)c2c1nc(CCC(=O)Oc1ccc(CC)cc1)n2CC(C)C. The molecule has 3 rings (SSSR count). The van der Waals surface area contributed by atoms with Crippen LogP contribution in [0.25, 0.3) is 11.2 Å². The van der Waals surface area contributed by atoms with Crippen LogP contribution in [0.4, 0.5) is 0 Å². The number of nitrogens with one attached hydrogen (secondary N) is 1. The highest BCUT2D eigenvalue weighted by Crippen LogP contribution is 2.17. The smallest absolute Gasteiger partial charge is 0.330 e. The Hall–Kier alpha value is -3.16. The second-order valence-corrected chi connectivity index (χ2v) is 8.44. The van der Waals surface area contributed by atoms with Crippen LogP contribution in [0.5, 0.6) is 5.75 Å². The Morgan fingerprint density at radius 3 is 2.47 bits per heavy atom. The molecule has 0 saturated heterocycles. The fraction of sp³-hybridized carbons (Fsp3) is 0.500. The highest BCUT2D eigenvalue weighted by molar-refractivity contribution is 5.74. The molecule has 2 aromatic heterocycles. The predicted octanol–water partition coefficient (Wildman–Crippen LogP) is 3.44. The highest BCUT2D eigenvalue weighted by atomic mass is 16.5. The number of imidazole rings is 1. The van der Waals surface area contributed by atoms with Crippen LogP contribution >= 0.6 is 0 Å². The Kier molecular flexibility index (Phi) is 7.66. The standard InChI is InChI=1S/C24H32N4O4/c1-5-7-14-27-22-21(23(30)26-24(27)31)28(15-16(3)4)19(25-22)12-13-20(29)32-18-10-8-17(6-2)9-11-18/h8-11,16H,5-7,12-15H2,1-4H3,(H,26,30,31). The highest BCUT2D eigenvalue weighted by Gasteiger charge is 2.20. The molecule has 0 atom stereocenters. The summed E-state index contributed by atoms with van der Waals surface area (Å²) in [5.74, 6) is 1.00. The fourth-order valence-electron chi connectivity index (χ4n) is 3.68. The van der Waals surface area contributed by atoms with Crippen molar-refractivity contribution in [2.45, 2.75) is 72.9 Å². The lowest BCUT2D eigenvalue weighted by molar-refractivity contribution is -0.134. The van der Waals surface area contributed by atoms with Crippen LogP contribution in [-0.4, -0.2) is 25.1 Å². The van der Waals surface area contributed by atoms with Crippen molar-refractivity contribution in [2.75, 3.05) is 0 Å². The lowest BCUT2D eigenvalue weighted by Gasteiger charge is -2.11. The maximum atomic E-state index is 12.7. The van der Waals surface area contributed by atoms with E-state index in [0.29, 0.717) is 42.2 Å². The zero-order valence-electron chi connectivity index (χ0n) is 19.3. The van der Waals surface area contributed by atoms with Crippen molar-refractivity contribution in [3.05, 3.63) is 56.5 Å². The third kappa shape index (κ3) is 5.36. The Morgan fingerprint density at radius 1 is 1.12 bits per heavy atom. The largest absolute Gasteiger partial charge is 0.427 e. The molecule has 1 N–H and O–H groups in total. The molecule has 0 aliphatic heterocycles. The summed E-state index contributed by atoms with van der Waals surface area (Å²) >= 11 is 0. The van der Waals surface area contributed by atoms with E-state index >= 15 is 0 Å². The maximum absolute atomic E-state index is 12.7. The summed E-state index contributed by atoms with van der Waals surface area (Å²) in [7, 11) is 0. The molecule has 8 heteroatoms. The first-order chi connectivity index (χ1) is 15.3. The van der Waals surface area contributed by atoms with Gasteiger partial charge in [0.2, 0.25) is 0 Å². The number of nitrogens with zero attached hydrogens (tertiary/aromatic N) is 3. The number of unbranched alkanes of at least 4 members (excludes halogenated alkanes) is 1. The van der Waals surface area contributed by atoms with E-state index in [4.69, 9.17) is 4.74 Å². The summed E-state index contributed by atoms with van der Waals surface area (Å²) in [4.78, 5) is 44.6. The number of hydrogen-bond donors (Lipinski definition) is 1. The minimum Gasteiger partial charge on any atom is -0.427 e. The molecule has 2 heterocycles. The number of aromatic amines is 1. The van der Waals surface area contributed by atoms with Gasteiger partial charge in [0.05, 0.1) is 6.42 Å². The normalized spacial score (nSPS) is 11.4. The molecule has 0 radical (unpaired) electrons. The van der Waals surface area contributed by atoms with Gasteiger partial charge in [-0.1, -0.05) is 46.2 Å². The molecule has 0 aliphatic rings. The molecule has 32 heavy (non-hydrogen) atoms. The number of rotatable bonds is 10. The van der Waals surface area contributed by atoms with E-state index in [2.05, 4.69) is 16.9 Å². The monoisotopic (exact) mass is 440 g/mol. The molecule has 172 valence electrons. The van der Waals surface area contributed by atoms with Crippen molar-refractivity contribution in [1.29, 1.82) is 0 Å². The summed E-state index contributed by atoms with van der Waals surface area (Å²) < 4.78 is 8.81. The summed E-state index contributed by atoms with van der Waals surface area (Å²) in [6, 6.07) is 7.45. The van der Waals surface area contributed by atoms with Crippen LogP contribution in [0.2, 0.25) is 0 Å². The number of fused-ring (bicyclic) bond motifs is 1. The maximum Gasteiger partial charge on any atom is 0.330 e. The molecule has 8 nitrogen and oxygen atoms in total. The van der Waals surface area contributed by atoms with Gasteiger partial charge in [0.25, 0.3) is 5.56 Å². The number of aromatic nitrogens is 4. The van der Waals surface area contributed by atoms with Gasteiger partial charge in [-0.3, -0.25) is 19.1 Å². The Morgan fingerprint density at radius 2 is 1.84 bits per heavy atom. The van der Waals surface area contributed by atoms with Gasteiger partial charge in [-0.25, -0.2) is 9.78 Å². The first-order valence-corrected chi connectivity index (χ1v) is 11.4. The van der Waals surface area contributed by atoms with Crippen LogP contribution in [0, 0.1) is 5.92 Å². The second-order valence-electron chi connectivity index (χ2n) is 8.44. The molecule has 0 bridgehead atoms. The van der Waals surface area contributed by atoms with Crippen LogP contribution in [0.3, 0.4) is 0 Å². The average Bonchev–Trinajstić information content (AvgIpc) is 3.10. The number of H-pyrrole nitrogens is 1. The average molecular weight is 441 g/mol. The first kappa shape index (κ1) is 23.5. The number of ether oxygens (including phenoxy) is 1. The third-order valence-corrected chi connectivity index (χ3v) is 5.36. The van der Waals surface area contributed by atoms with Crippen LogP contribution in [-0.2, 0) is 30.7 Å². The Bertz CT molecular complexity index is 1190. The van der Waals surface area contributed by atoms with Crippen molar-refractivity contribution in [2.24, 2.45) is 5.92 Å². The third-order valence-electron chi connectivity index (χ3n) is 5.36. The molecule has 0 saturated carbocycles. The van der Waals surface area contributed by atoms with Crippen molar-refractivity contribution >= 4 is 17.1 Å². The lowest BCUT2D eigenvalue weighted by atomic mass is 10.2. The summed E-state index contributed by atoms with van der Waals surface area (Å²) in [6.07, 6.45) is 3.07. The molecule has 0 amide bonds. The van der Waals surface area contributed by atoms with E-state index in [1.54, 1.807) is 12.1 Å². The molecular weight excluding hydrogens is 408 g/mol. The lowest BCUT2D eigenvalue weighted by Crippen LogP contribution is -2.31. The number of carbonyl (C=O) groups is 1. The minimum atomic E-state index is -0.452. The van der Waals surface area contributed by atoms with Crippen molar-refractivity contribution in [1.82, 2.24) is 19.1 Å². The molecule has 3 aromatic rings. The van der Waals surface area contributed by atoms with E-state index in [1.807, 2.05) is 37.5 Å². The molecular formula is C24H32N4O4. The van der Waals surface area contributed by atoms with Gasteiger partial charge in [0.15, 0.2) is 11.2 Å². The number of esters is 1. The zero-order valence-corrected chi connectivity index (χ0v) is 19.3. The van der Waals surface area contributed by atoms with Gasteiger partial charge < -0.3 is 9.30 Å². The van der Waals surface area contributed by atoms with Gasteiger partial charge in [0, 0.05) is 19.5 Å². The van der Waals surface area contributed by atoms with Gasteiger partial charge >= 0.3 is 11.7 Å². The van der Waals surface area contributed by atoms with Gasteiger partial charge in [-0.2, -0.15) is 0 Å². The van der Waals surface area contributed by atoms with E-state index in [0.717, 1.165) is 19.3 Å². The van der Waals surface area contributed by atoms with Crippen LogP contribution < -0.4 is 16.0 Å². The Balaban J connectivity index is 1.88. The molecule has 1 aromatic carbocycles. The number of carbonyl (C=O) groups excluding carboxylic acids is 1. The summed E-state index contributed by atoms with van der Waals surface area (Å²) in [5, 5.41) is 0. The second kappa shape index (κ2) is 10.4. The number of hydrogen-bond acceptors (Lipinski definition) is 5. The number of aryl methyl sites for hydroxylation is 3. The predicted molar refractivity (Wildman–Crippen MR) is 124 cm³/mol. The first-order valence-electron chi connectivity index (χ1n) is 11.4. The van der Waals surface area contributed by atoms with E-state index in [1.165, 1.54) is 10.1 Å². The van der Waals surface area contributed by atoms with Crippen molar-refractivity contribution < 1.29 is 9.53 Å². The fourth-order valence-corrected chi connectivity index (χ4v) is 3.68. The Labute approximate surface area is 187 Å². The van der Waals surface area contributed by atoms with Crippen LogP contribution in [0.15, 0.2) is 33.9 Å². The molecule has 0 aliphatic carbocycles. The topological polar surface area (TPSA) is 99.0 Å². The van der Waals surface area contributed by atoms with Crippen molar-refractivity contribution in [3.8, 4) is 5.75 Å². The summed E-state index contributed by atoms with van der Waals surface area (Å²) in [5.41, 5.74) is 1.04. The summed E-state index contributed by atoms with van der Waals surface area (Å²) in [6.45, 7) is 9.25. The van der Waals surface area contributed by atoms with Gasteiger partial charge in [-0.05, 0) is 36.5 Å². The minimum absolute atomic E-state index is 0.119. The van der Waals surface area contributed by atoms with E-state index < -0.39 is 11.2 Å².